The summed E-state index contributed by atoms with van der Waals surface area (Å²) in [6, 6.07) is 5.54. The van der Waals surface area contributed by atoms with Crippen LogP contribution in [0.4, 0.5) is 13.2 Å². The molecule has 0 aliphatic carbocycles. The van der Waals surface area contributed by atoms with Gasteiger partial charge in [-0.1, -0.05) is 12.1 Å². The Hall–Kier alpha value is -1.80. The maximum absolute atomic E-state index is 12.6. The van der Waals surface area contributed by atoms with Crippen molar-refractivity contribution in [2.24, 2.45) is 4.99 Å². The van der Waals surface area contributed by atoms with Gasteiger partial charge in [-0.2, -0.15) is 13.2 Å². The van der Waals surface area contributed by atoms with Crippen molar-refractivity contribution in [3.8, 4) is 0 Å². The second-order valence-corrected chi connectivity index (χ2v) is 6.40. The Morgan fingerprint density at radius 3 is 2.44 bits per heavy atom. The van der Waals surface area contributed by atoms with Crippen molar-refractivity contribution in [2.75, 3.05) is 47.3 Å². The van der Waals surface area contributed by atoms with Crippen LogP contribution in [0.2, 0.25) is 0 Å². The van der Waals surface area contributed by atoms with Crippen LogP contribution in [-0.2, 0) is 12.7 Å². The number of hydrogen-bond acceptors (Lipinski definition) is 3. The van der Waals surface area contributed by atoms with Crippen molar-refractivity contribution < 1.29 is 13.2 Å². The standard InChI is InChI=1S/C17H26F3N5/c1-21-16(23-11-15-12-24(2)8-9-25(15)3)22-10-13-4-6-14(7-5-13)17(18,19)20/h4-7,15H,8-12H2,1-3H3,(H2,21,22,23). The number of hydrogen-bond donors (Lipinski definition) is 2. The van der Waals surface area contributed by atoms with Gasteiger partial charge in [-0.15, -0.1) is 0 Å². The van der Waals surface area contributed by atoms with Crippen LogP contribution in [0.5, 0.6) is 0 Å². The van der Waals surface area contributed by atoms with E-state index in [-0.39, 0.29) is 0 Å². The predicted octanol–water partition coefficient (Wildman–Crippen LogP) is 1.62. The molecule has 1 saturated heterocycles. The molecule has 1 fully saturated rings. The van der Waals surface area contributed by atoms with Crippen molar-refractivity contribution in [3.63, 3.8) is 0 Å². The second kappa shape index (κ2) is 8.53. The lowest BCUT2D eigenvalue weighted by molar-refractivity contribution is -0.137. The minimum absolute atomic E-state index is 0.392. The Bertz CT molecular complexity index is 571. The summed E-state index contributed by atoms with van der Waals surface area (Å²) in [6.07, 6.45) is -4.30. The van der Waals surface area contributed by atoms with Crippen molar-refractivity contribution in [1.29, 1.82) is 0 Å². The molecule has 1 aromatic rings. The highest BCUT2D eigenvalue weighted by Crippen LogP contribution is 2.29. The van der Waals surface area contributed by atoms with E-state index in [1.54, 1.807) is 7.05 Å². The fraction of sp³-hybridized carbons (Fsp3) is 0.588. The normalized spacial score (nSPS) is 20.6. The number of likely N-dealkylation sites (N-methyl/N-ethyl adjacent to an activating group) is 2. The SMILES string of the molecule is CN=C(NCc1ccc(C(F)(F)F)cc1)NCC1CN(C)CCN1C. The number of benzene rings is 1. The molecule has 2 rings (SSSR count). The third kappa shape index (κ3) is 5.89. The van der Waals surface area contributed by atoms with E-state index < -0.39 is 11.7 Å². The Labute approximate surface area is 146 Å². The molecule has 1 aliphatic rings. The van der Waals surface area contributed by atoms with E-state index in [1.165, 1.54) is 12.1 Å². The van der Waals surface area contributed by atoms with Crippen LogP contribution in [0, 0.1) is 0 Å². The fourth-order valence-corrected chi connectivity index (χ4v) is 2.75. The maximum atomic E-state index is 12.6. The molecule has 0 bridgehead atoms. The van der Waals surface area contributed by atoms with E-state index in [4.69, 9.17) is 0 Å². The molecule has 140 valence electrons. The summed E-state index contributed by atoms with van der Waals surface area (Å²) in [6.45, 7) is 4.25. The number of rotatable bonds is 4. The summed E-state index contributed by atoms with van der Waals surface area (Å²) in [4.78, 5) is 8.78. The molecule has 1 heterocycles. The molecule has 0 aromatic heterocycles. The minimum Gasteiger partial charge on any atom is -0.355 e. The first-order chi connectivity index (χ1) is 11.8. The van der Waals surface area contributed by atoms with Crippen LogP contribution in [0.1, 0.15) is 11.1 Å². The van der Waals surface area contributed by atoms with Crippen molar-refractivity contribution >= 4 is 5.96 Å². The first-order valence-corrected chi connectivity index (χ1v) is 8.29. The third-order valence-electron chi connectivity index (χ3n) is 4.45. The summed E-state index contributed by atoms with van der Waals surface area (Å²) >= 11 is 0. The number of guanidine groups is 1. The highest BCUT2D eigenvalue weighted by molar-refractivity contribution is 5.79. The zero-order valence-corrected chi connectivity index (χ0v) is 14.9. The fourth-order valence-electron chi connectivity index (χ4n) is 2.75. The lowest BCUT2D eigenvalue weighted by atomic mass is 10.1. The highest BCUT2D eigenvalue weighted by Gasteiger charge is 2.29. The van der Waals surface area contributed by atoms with Gasteiger partial charge in [0.25, 0.3) is 0 Å². The van der Waals surface area contributed by atoms with Gasteiger partial charge in [-0.05, 0) is 31.8 Å². The number of nitrogens with one attached hydrogen (secondary N) is 2. The van der Waals surface area contributed by atoms with Crippen LogP contribution in [0.15, 0.2) is 29.3 Å². The average Bonchev–Trinajstić information content (AvgIpc) is 2.57. The molecule has 2 N–H and O–H groups in total. The predicted molar refractivity (Wildman–Crippen MR) is 93.6 cm³/mol. The molecule has 0 radical (unpaired) electrons. The molecule has 1 unspecified atom stereocenters. The average molecular weight is 357 g/mol. The zero-order chi connectivity index (χ0) is 18.4. The zero-order valence-electron chi connectivity index (χ0n) is 14.9. The van der Waals surface area contributed by atoms with Gasteiger partial charge in [0, 0.05) is 45.8 Å². The molecule has 25 heavy (non-hydrogen) atoms. The van der Waals surface area contributed by atoms with Crippen LogP contribution >= 0.6 is 0 Å². The number of nitrogens with zero attached hydrogens (tertiary/aromatic N) is 3. The van der Waals surface area contributed by atoms with E-state index >= 15 is 0 Å². The molecule has 1 aliphatic heterocycles. The first kappa shape index (κ1) is 19.5. The molecule has 0 saturated carbocycles. The van der Waals surface area contributed by atoms with Crippen LogP contribution in [-0.4, -0.2) is 69.1 Å². The topological polar surface area (TPSA) is 42.9 Å². The number of halogens is 3. The van der Waals surface area contributed by atoms with Gasteiger partial charge >= 0.3 is 6.18 Å². The van der Waals surface area contributed by atoms with Gasteiger partial charge in [0.2, 0.25) is 0 Å². The van der Waals surface area contributed by atoms with Gasteiger partial charge < -0.3 is 15.5 Å². The molecular formula is C17H26F3N5. The van der Waals surface area contributed by atoms with E-state index in [0.717, 1.165) is 43.9 Å². The highest BCUT2D eigenvalue weighted by atomic mass is 19.4. The van der Waals surface area contributed by atoms with E-state index in [2.05, 4.69) is 39.5 Å². The smallest absolute Gasteiger partial charge is 0.355 e. The van der Waals surface area contributed by atoms with E-state index in [9.17, 15) is 13.2 Å². The van der Waals surface area contributed by atoms with Crippen molar-refractivity contribution in [1.82, 2.24) is 20.4 Å². The summed E-state index contributed by atoms with van der Waals surface area (Å²) in [5, 5.41) is 6.42. The molecule has 0 amide bonds. The Kier molecular flexibility index (Phi) is 6.66. The molecule has 1 atom stereocenters. The summed E-state index contributed by atoms with van der Waals surface area (Å²) in [7, 11) is 5.90. The van der Waals surface area contributed by atoms with Crippen LogP contribution in [0.25, 0.3) is 0 Å². The Morgan fingerprint density at radius 2 is 1.84 bits per heavy atom. The molecule has 5 nitrogen and oxygen atoms in total. The first-order valence-electron chi connectivity index (χ1n) is 8.29. The molecule has 0 spiro atoms. The van der Waals surface area contributed by atoms with Gasteiger partial charge in [-0.3, -0.25) is 9.89 Å². The number of alkyl halides is 3. The Morgan fingerprint density at radius 1 is 1.16 bits per heavy atom. The van der Waals surface area contributed by atoms with Gasteiger partial charge in [0.1, 0.15) is 0 Å². The monoisotopic (exact) mass is 357 g/mol. The summed E-state index contributed by atoms with van der Waals surface area (Å²) < 4.78 is 37.7. The van der Waals surface area contributed by atoms with Gasteiger partial charge in [0.05, 0.1) is 5.56 Å². The Balaban J connectivity index is 1.82. The molecular weight excluding hydrogens is 331 g/mol. The second-order valence-electron chi connectivity index (χ2n) is 6.40. The molecule has 1 aromatic carbocycles. The molecule has 8 heteroatoms. The number of piperazine rings is 1. The van der Waals surface area contributed by atoms with Crippen LogP contribution < -0.4 is 10.6 Å². The number of aliphatic imine (C=N–C) groups is 1. The quantitative estimate of drug-likeness (QED) is 0.635. The van der Waals surface area contributed by atoms with Crippen molar-refractivity contribution in [2.45, 2.75) is 18.8 Å². The lowest BCUT2D eigenvalue weighted by Crippen LogP contribution is -2.55. The van der Waals surface area contributed by atoms with Gasteiger partial charge in [-0.25, -0.2) is 0 Å². The van der Waals surface area contributed by atoms with E-state index in [1.807, 2.05) is 0 Å². The van der Waals surface area contributed by atoms with Crippen LogP contribution in [0.3, 0.4) is 0 Å². The third-order valence-corrected chi connectivity index (χ3v) is 4.45. The maximum Gasteiger partial charge on any atom is 0.416 e. The summed E-state index contributed by atoms with van der Waals surface area (Å²) in [5.74, 6) is 0.640. The van der Waals surface area contributed by atoms with E-state index in [0.29, 0.717) is 18.5 Å². The van der Waals surface area contributed by atoms with Gasteiger partial charge in [0.15, 0.2) is 5.96 Å². The van der Waals surface area contributed by atoms with Crippen molar-refractivity contribution in [3.05, 3.63) is 35.4 Å². The minimum atomic E-state index is -4.30. The summed E-state index contributed by atoms with van der Waals surface area (Å²) in [5.41, 5.74) is 0.133. The lowest BCUT2D eigenvalue weighted by Gasteiger charge is -2.37. The largest absolute Gasteiger partial charge is 0.416 e.